The monoisotopic (exact) mass is 604 g/mol. The van der Waals surface area contributed by atoms with E-state index in [9.17, 15) is 40.7 Å². The van der Waals surface area contributed by atoms with Crippen molar-refractivity contribution in [3.63, 3.8) is 0 Å². The summed E-state index contributed by atoms with van der Waals surface area (Å²) in [6.45, 7) is 1.02. The molecule has 2 aromatic carbocycles. The smallest absolute Gasteiger partial charge is 0.427 e. The predicted octanol–water partition coefficient (Wildman–Crippen LogP) is 5.18. The fraction of sp³-hybridized carbons (Fsp3) is 0.462. The molecular formula is C26H28F4N2O8S. The van der Waals surface area contributed by atoms with Crippen LogP contribution in [0.4, 0.5) is 33.7 Å². The first-order chi connectivity index (χ1) is 19.0. The van der Waals surface area contributed by atoms with E-state index in [0.29, 0.717) is 13.8 Å². The Morgan fingerprint density at radius 3 is 2.44 bits per heavy atom. The van der Waals surface area contributed by atoms with Gasteiger partial charge in [0.2, 0.25) is 5.60 Å². The Morgan fingerprint density at radius 2 is 1.85 bits per heavy atom. The van der Waals surface area contributed by atoms with E-state index >= 15 is 0 Å². The minimum Gasteiger partial charge on any atom is -0.494 e. The molecule has 4 rings (SSSR count). The molecule has 0 bridgehead atoms. The third-order valence-electron chi connectivity index (χ3n) is 6.95. The van der Waals surface area contributed by atoms with E-state index in [1.807, 2.05) is 0 Å². The maximum absolute atomic E-state index is 14.1. The van der Waals surface area contributed by atoms with Gasteiger partial charge in [-0.05, 0) is 62.9 Å². The zero-order valence-corrected chi connectivity index (χ0v) is 23.0. The van der Waals surface area contributed by atoms with Gasteiger partial charge in [-0.1, -0.05) is 0 Å². The molecule has 0 radical (unpaired) electrons. The van der Waals surface area contributed by atoms with Crippen molar-refractivity contribution in [3.8, 4) is 11.5 Å². The quantitative estimate of drug-likeness (QED) is 0.375. The van der Waals surface area contributed by atoms with Crippen molar-refractivity contribution in [1.82, 2.24) is 0 Å². The number of ether oxygens (including phenoxy) is 3. The van der Waals surface area contributed by atoms with Crippen molar-refractivity contribution < 1.29 is 54.9 Å². The number of fused-ring (bicyclic) bond motifs is 1. The average molecular weight is 605 g/mol. The number of rotatable bonds is 9. The molecule has 2 aliphatic rings. The number of benzene rings is 2. The summed E-state index contributed by atoms with van der Waals surface area (Å²) in [6, 6.07) is 6.70. The highest BCUT2D eigenvalue weighted by Crippen LogP contribution is 2.46. The Morgan fingerprint density at radius 1 is 1.17 bits per heavy atom. The summed E-state index contributed by atoms with van der Waals surface area (Å²) in [7, 11) is -3.29. The number of nitrogens with one attached hydrogen (secondary N) is 1. The van der Waals surface area contributed by atoms with E-state index in [0.717, 1.165) is 42.5 Å². The third-order valence-corrected chi connectivity index (χ3v) is 8.73. The van der Waals surface area contributed by atoms with Crippen LogP contribution in [0.2, 0.25) is 0 Å². The van der Waals surface area contributed by atoms with Gasteiger partial charge in [-0.3, -0.25) is 14.4 Å². The molecule has 41 heavy (non-hydrogen) atoms. The van der Waals surface area contributed by atoms with Crippen molar-refractivity contribution in [2.45, 2.75) is 55.9 Å². The molecule has 0 spiro atoms. The number of hydrogen-bond acceptors (Lipinski definition) is 7. The second-order valence-electron chi connectivity index (χ2n) is 10.3. The van der Waals surface area contributed by atoms with Gasteiger partial charge in [-0.2, -0.15) is 13.2 Å². The zero-order valence-electron chi connectivity index (χ0n) is 22.2. The highest BCUT2D eigenvalue weighted by Gasteiger charge is 2.51. The summed E-state index contributed by atoms with van der Waals surface area (Å²) < 4.78 is 97.7. The van der Waals surface area contributed by atoms with Gasteiger partial charge in [0.25, 0.3) is 10.0 Å². The molecule has 15 heteroatoms. The van der Waals surface area contributed by atoms with E-state index in [4.69, 9.17) is 9.47 Å². The van der Waals surface area contributed by atoms with Crippen LogP contribution in [-0.4, -0.2) is 57.1 Å². The summed E-state index contributed by atoms with van der Waals surface area (Å²) in [5.74, 6) is -2.67. The van der Waals surface area contributed by atoms with Crippen molar-refractivity contribution >= 4 is 33.5 Å². The number of carboxylic acid groups (broad SMARTS) is 1. The summed E-state index contributed by atoms with van der Waals surface area (Å²) >= 11 is 0. The standard InChI is InChI=1S/C26H28F4N2O8S/c1-25(2,26(28,29)30)40-24(35)31-15-6-9-20-19(10-15)32(13-22(39-20)17(12-23(33)34)14-4-5-14)41(36,37)16-7-8-18(27)21(11-16)38-3/h6-11,14,17,22H,4-5,12-13H2,1-3H3,(H,31,35)(H,33,34)/t17?,22-/m1/s1. The second-order valence-corrected chi connectivity index (χ2v) is 12.2. The number of nitrogens with zero attached hydrogens (tertiary/aromatic N) is 1. The minimum atomic E-state index is -4.85. The van der Waals surface area contributed by atoms with Gasteiger partial charge in [0.05, 0.1) is 30.7 Å². The molecule has 2 atom stereocenters. The molecule has 1 aliphatic carbocycles. The Balaban J connectivity index is 1.73. The fourth-order valence-electron chi connectivity index (χ4n) is 4.49. The van der Waals surface area contributed by atoms with Gasteiger partial charge in [-0.25, -0.2) is 17.6 Å². The van der Waals surface area contributed by atoms with Crippen LogP contribution in [0.3, 0.4) is 0 Å². The Labute approximate surface area is 233 Å². The van der Waals surface area contributed by atoms with Crippen LogP contribution in [0.5, 0.6) is 11.5 Å². The van der Waals surface area contributed by atoms with Crippen LogP contribution in [-0.2, 0) is 19.6 Å². The molecule has 1 saturated carbocycles. The second kappa shape index (κ2) is 10.9. The van der Waals surface area contributed by atoms with Gasteiger partial charge < -0.3 is 19.3 Å². The summed E-state index contributed by atoms with van der Waals surface area (Å²) in [5.41, 5.74) is -2.99. The number of carbonyl (C=O) groups excluding carboxylic acids is 1. The summed E-state index contributed by atoms with van der Waals surface area (Å²) in [4.78, 5) is 23.5. The number of hydrogen-bond donors (Lipinski definition) is 2. The molecule has 1 amide bonds. The average Bonchev–Trinajstić information content (AvgIpc) is 3.71. The number of methoxy groups -OCH3 is 1. The van der Waals surface area contributed by atoms with Crippen molar-refractivity contribution in [2.24, 2.45) is 11.8 Å². The van der Waals surface area contributed by atoms with Crippen molar-refractivity contribution in [2.75, 3.05) is 23.3 Å². The summed E-state index contributed by atoms with van der Waals surface area (Å²) in [5, 5.41) is 11.6. The largest absolute Gasteiger partial charge is 0.494 e. The molecule has 224 valence electrons. The first-order valence-corrected chi connectivity index (χ1v) is 13.9. The highest BCUT2D eigenvalue weighted by atomic mass is 32.2. The van der Waals surface area contributed by atoms with Gasteiger partial charge in [0, 0.05) is 17.7 Å². The van der Waals surface area contributed by atoms with E-state index in [2.05, 4.69) is 10.1 Å². The zero-order chi connectivity index (χ0) is 30.3. The number of aliphatic carboxylic acids is 1. The maximum atomic E-state index is 14.1. The van der Waals surface area contributed by atoms with Crippen LogP contribution in [0.15, 0.2) is 41.3 Å². The molecule has 1 fully saturated rings. The summed E-state index contributed by atoms with van der Waals surface area (Å²) in [6.07, 6.45) is -5.89. The highest BCUT2D eigenvalue weighted by molar-refractivity contribution is 7.92. The van der Waals surface area contributed by atoms with Gasteiger partial charge in [0.1, 0.15) is 11.9 Å². The normalized spacial score (nSPS) is 18.1. The van der Waals surface area contributed by atoms with Gasteiger partial charge in [0.15, 0.2) is 11.6 Å². The van der Waals surface area contributed by atoms with Gasteiger partial charge in [-0.15, -0.1) is 0 Å². The SMILES string of the molecule is COc1cc(S(=O)(=O)N2C[C@H](C(CC(=O)O)C3CC3)Oc3ccc(NC(=O)OC(C)(C)C(F)(F)F)cc32)ccc1F. The number of carboxylic acids is 1. The van der Waals surface area contributed by atoms with Crippen LogP contribution in [0.1, 0.15) is 33.1 Å². The lowest BCUT2D eigenvalue weighted by atomic mass is 9.92. The molecular weight excluding hydrogens is 576 g/mol. The minimum absolute atomic E-state index is 0.0146. The van der Waals surface area contributed by atoms with E-state index in [1.54, 1.807) is 0 Å². The number of amides is 1. The van der Waals surface area contributed by atoms with Crippen molar-refractivity contribution in [3.05, 3.63) is 42.2 Å². The maximum Gasteiger partial charge on any atom is 0.427 e. The Kier molecular flexibility index (Phi) is 8.04. The first-order valence-electron chi connectivity index (χ1n) is 12.5. The lowest BCUT2D eigenvalue weighted by Crippen LogP contribution is -2.47. The fourth-order valence-corrected chi connectivity index (χ4v) is 5.99. The van der Waals surface area contributed by atoms with Crippen LogP contribution >= 0.6 is 0 Å². The first kappa shape index (κ1) is 30.2. The van der Waals surface area contributed by atoms with Crippen LogP contribution < -0.4 is 19.1 Å². The third kappa shape index (κ3) is 6.44. The molecule has 1 aliphatic heterocycles. The molecule has 2 N–H and O–H groups in total. The Hall–Kier alpha value is -3.75. The number of alkyl halides is 3. The van der Waals surface area contributed by atoms with Crippen LogP contribution in [0, 0.1) is 17.7 Å². The van der Waals surface area contributed by atoms with E-state index in [-0.39, 0.29) is 46.7 Å². The molecule has 1 heterocycles. The lowest BCUT2D eigenvalue weighted by Gasteiger charge is -2.39. The number of carbonyl (C=O) groups is 2. The topological polar surface area (TPSA) is 131 Å². The molecule has 1 unspecified atom stereocenters. The number of anilines is 2. The predicted molar refractivity (Wildman–Crippen MR) is 137 cm³/mol. The molecule has 2 aromatic rings. The Bertz CT molecular complexity index is 1440. The molecule has 0 saturated heterocycles. The lowest BCUT2D eigenvalue weighted by molar-refractivity contribution is -0.242. The van der Waals surface area contributed by atoms with E-state index < -0.39 is 51.7 Å². The molecule has 10 nitrogen and oxygen atoms in total. The molecule has 0 aromatic heterocycles. The van der Waals surface area contributed by atoms with Crippen molar-refractivity contribution in [1.29, 1.82) is 0 Å². The number of halogens is 4. The van der Waals surface area contributed by atoms with Crippen LogP contribution in [0.25, 0.3) is 0 Å². The number of sulfonamides is 1. The van der Waals surface area contributed by atoms with Gasteiger partial charge >= 0.3 is 18.2 Å². The van der Waals surface area contributed by atoms with E-state index in [1.165, 1.54) is 18.2 Å².